The molecule has 2 rings (SSSR count). The Morgan fingerprint density at radius 3 is 2.94 bits per heavy atom. The summed E-state index contributed by atoms with van der Waals surface area (Å²) >= 11 is 0. The fraction of sp³-hybridized carbons (Fsp3) is 0.500. The standard InChI is InChI=1S/C12H16N2O4/c1-16-9-3-4-11(13-7-9)14-5-6-18-10(8-14)12(15)17-2/h3-4,7,10H,5-6,8H2,1-2H3. The van der Waals surface area contributed by atoms with Crippen LogP contribution in [0.4, 0.5) is 5.82 Å². The van der Waals surface area contributed by atoms with Crippen LogP contribution in [-0.4, -0.2) is 51.0 Å². The number of ether oxygens (including phenoxy) is 3. The van der Waals surface area contributed by atoms with Crippen LogP contribution < -0.4 is 9.64 Å². The van der Waals surface area contributed by atoms with E-state index in [1.165, 1.54) is 7.11 Å². The Labute approximate surface area is 105 Å². The van der Waals surface area contributed by atoms with Crippen molar-refractivity contribution in [1.29, 1.82) is 0 Å². The van der Waals surface area contributed by atoms with Gasteiger partial charge >= 0.3 is 5.97 Å². The van der Waals surface area contributed by atoms with E-state index in [1.54, 1.807) is 13.3 Å². The number of pyridine rings is 1. The number of esters is 1. The Hall–Kier alpha value is -1.82. The van der Waals surface area contributed by atoms with Gasteiger partial charge in [0.2, 0.25) is 0 Å². The summed E-state index contributed by atoms with van der Waals surface area (Å²) in [4.78, 5) is 17.7. The molecule has 0 aromatic carbocycles. The van der Waals surface area contributed by atoms with Crippen molar-refractivity contribution in [3.05, 3.63) is 18.3 Å². The van der Waals surface area contributed by atoms with E-state index in [4.69, 9.17) is 9.47 Å². The first kappa shape index (κ1) is 12.6. The Morgan fingerprint density at radius 1 is 1.50 bits per heavy atom. The smallest absolute Gasteiger partial charge is 0.336 e. The van der Waals surface area contributed by atoms with E-state index < -0.39 is 6.10 Å². The summed E-state index contributed by atoms with van der Waals surface area (Å²) < 4.78 is 15.1. The first-order valence-corrected chi connectivity index (χ1v) is 5.69. The molecular weight excluding hydrogens is 236 g/mol. The maximum absolute atomic E-state index is 11.4. The molecule has 6 heteroatoms. The average Bonchev–Trinajstić information content (AvgIpc) is 2.46. The summed E-state index contributed by atoms with van der Waals surface area (Å²) in [5.74, 6) is 1.15. The maximum atomic E-state index is 11.4. The van der Waals surface area contributed by atoms with Gasteiger partial charge in [-0.2, -0.15) is 0 Å². The van der Waals surface area contributed by atoms with E-state index in [9.17, 15) is 4.79 Å². The first-order valence-electron chi connectivity index (χ1n) is 5.69. The minimum Gasteiger partial charge on any atom is -0.495 e. The lowest BCUT2D eigenvalue weighted by molar-refractivity contribution is -0.154. The van der Waals surface area contributed by atoms with Gasteiger partial charge < -0.3 is 19.1 Å². The lowest BCUT2D eigenvalue weighted by Gasteiger charge is -2.32. The minimum absolute atomic E-state index is 0.354. The molecule has 0 spiro atoms. The third-order valence-corrected chi connectivity index (χ3v) is 2.81. The van der Waals surface area contributed by atoms with Crippen LogP contribution >= 0.6 is 0 Å². The lowest BCUT2D eigenvalue weighted by Crippen LogP contribution is -2.46. The van der Waals surface area contributed by atoms with Crippen molar-refractivity contribution >= 4 is 11.8 Å². The number of carbonyl (C=O) groups is 1. The minimum atomic E-state index is -0.548. The normalized spacial score (nSPS) is 19.4. The van der Waals surface area contributed by atoms with Crippen molar-refractivity contribution in [3.8, 4) is 5.75 Å². The molecule has 1 atom stereocenters. The zero-order chi connectivity index (χ0) is 13.0. The van der Waals surface area contributed by atoms with Gasteiger partial charge in [-0.1, -0.05) is 0 Å². The summed E-state index contributed by atoms with van der Waals surface area (Å²) in [6.45, 7) is 1.63. The fourth-order valence-corrected chi connectivity index (χ4v) is 1.81. The van der Waals surface area contributed by atoms with Gasteiger partial charge in [-0.15, -0.1) is 0 Å². The maximum Gasteiger partial charge on any atom is 0.336 e. The van der Waals surface area contributed by atoms with Gasteiger partial charge in [0.15, 0.2) is 6.10 Å². The number of carbonyl (C=O) groups excluding carboxylic acids is 1. The predicted molar refractivity (Wildman–Crippen MR) is 64.8 cm³/mol. The molecule has 0 amide bonds. The zero-order valence-corrected chi connectivity index (χ0v) is 10.5. The summed E-state index contributed by atoms with van der Waals surface area (Å²) in [6, 6.07) is 3.70. The molecule has 18 heavy (non-hydrogen) atoms. The van der Waals surface area contributed by atoms with Crippen LogP contribution in [0.1, 0.15) is 0 Å². The van der Waals surface area contributed by atoms with Crippen molar-refractivity contribution in [3.63, 3.8) is 0 Å². The monoisotopic (exact) mass is 252 g/mol. The third-order valence-electron chi connectivity index (χ3n) is 2.81. The van der Waals surface area contributed by atoms with Gasteiger partial charge in [0.25, 0.3) is 0 Å². The molecule has 1 aliphatic heterocycles. The Morgan fingerprint density at radius 2 is 2.33 bits per heavy atom. The second kappa shape index (κ2) is 5.68. The quantitative estimate of drug-likeness (QED) is 0.729. The molecule has 1 aliphatic rings. The zero-order valence-electron chi connectivity index (χ0n) is 10.5. The summed E-state index contributed by atoms with van der Waals surface area (Å²) in [5.41, 5.74) is 0. The topological polar surface area (TPSA) is 60.9 Å². The van der Waals surface area contributed by atoms with E-state index in [0.717, 1.165) is 5.82 Å². The predicted octanol–water partition coefficient (Wildman–Crippen LogP) is 0.468. The number of hydrogen-bond acceptors (Lipinski definition) is 6. The Kier molecular flexibility index (Phi) is 3.99. The van der Waals surface area contributed by atoms with Crippen molar-refractivity contribution in [2.45, 2.75) is 6.10 Å². The van der Waals surface area contributed by atoms with Gasteiger partial charge in [-0.3, -0.25) is 0 Å². The van der Waals surface area contributed by atoms with Crippen molar-refractivity contribution in [2.75, 3.05) is 38.8 Å². The Bertz CT molecular complexity index is 407. The number of aromatic nitrogens is 1. The number of anilines is 1. The average molecular weight is 252 g/mol. The fourth-order valence-electron chi connectivity index (χ4n) is 1.81. The lowest BCUT2D eigenvalue weighted by atomic mass is 10.2. The van der Waals surface area contributed by atoms with E-state index in [2.05, 4.69) is 9.72 Å². The number of morpholine rings is 1. The molecule has 1 unspecified atom stereocenters. The highest BCUT2D eigenvalue weighted by atomic mass is 16.6. The van der Waals surface area contributed by atoms with Crippen LogP contribution in [0.25, 0.3) is 0 Å². The van der Waals surface area contributed by atoms with Crippen LogP contribution in [-0.2, 0) is 14.3 Å². The molecule has 98 valence electrons. The van der Waals surface area contributed by atoms with Crippen LogP contribution in [0.2, 0.25) is 0 Å². The number of methoxy groups -OCH3 is 2. The first-order chi connectivity index (χ1) is 8.74. The van der Waals surface area contributed by atoms with E-state index in [1.807, 2.05) is 17.0 Å². The van der Waals surface area contributed by atoms with Crippen LogP contribution in [0.15, 0.2) is 18.3 Å². The van der Waals surface area contributed by atoms with E-state index in [-0.39, 0.29) is 5.97 Å². The second-order valence-corrected chi connectivity index (χ2v) is 3.88. The third kappa shape index (κ3) is 2.70. The van der Waals surface area contributed by atoms with E-state index >= 15 is 0 Å². The van der Waals surface area contributed by atoms with Gasteiger partial charge in [0.05, 0.1) is 33.6 Å². The van der Waals surface area contributed by atoms with Gasteiger partial charge in [0, 0.05) is 6.54 Å². The number of rotatable bonds is 3. The van der Waals surface area contributed by atoms with Crippen molar-refractivity contribution in [1.82, 2.24) is 4.98 Å². The summed E-state index contributed by atoms with van der Waals surface area (Å²) in [7, 11) is 2.95. The highest BCUT2D eigenvalue weighted by molar-refractivity contribution is 5.75. The number of nitrogens with zero attached hydrogens (tertiary/aromatic N) is 2. The highest BCUT2D eigenvalue weighted by Crippen LogP contribution is 2.18. The second-order valence-electron chi connectivity index (χ2n) is 3.88. The number of hydrogen-bond donors (Lipinski definition) is 0. The van der Waals surface area contributed by atoms with Crippen LogP contribution in [0.5, 0.6) is 5.75 Å². The van der Waals surface area contributed by atoms with Crippen LogP contribution in [0, 0.1) is 0 Å². The molecule has 1 fully saturated rings. The SMILES string of the molecule is COC(=O)C1CN(c2ccc(OC)cn2)CCO1. The summed E-state index contributed by atoms with van der Waals surface area (Å²) in [5, 5.41) is 0. The Balaban J connectivity index is 2.05. The molecule has 6 nitrogen and oxygen atoms in total. The van der Waals surface area contributed by atoms with Gasteiger partial charge in [-0.05, 0) is 12.1 Å². The molecule has 0 saturated carbocycles. The molecule has 1 aromatic rings. The van der Waals surface area contributed by atoms with Crippen molar-refractivity contribution in [2.24, 2.45) is 0 Å². The van der Waals surface area contributed by atoms with Crippen molar-refractivity contribution < 1.29 is 19.0 Å². The van der Waals surface area contributed by atoms with Crippen LogP contribution in [0.3, 0.4) is 0 Å². The van der Waals surface area contributed by atoms with Gasteiger partial charge in [0.1, 0.15) is 11.6 Å². The molecule has 0 bridgehead atoms. The highest BCUT2D eigenvalue weighted by Gasteiger charge is 2.27. The molecular formula is C12H16N2O4. The van der Waals surface area contributed by atoms with Gasteiger partial charge in [-0.25, -0.2) is 9.78 Å². The molecule has 1 aromatic heterocycles. The largest absolute Gasteiger partial charge is 0.495 e. The molecule has 2 heterocycles. The summed E-state index contributed by atoms with van der Waals surface area (Å²) in [6.07, 6.45) is 1.10. The molecule has 1 saturated heterocycles. The molecule has 0 N–H and O–H groups in total. The molecule has 0 aliphatic carbocycles. The van der Waals surface area contributed by atoms with E-state index in [0.29, 0.717) is 25.4 Å². The molecule has 0 radical (unpaired) electrons.